The monoisotopic (exact) mass is 310 g/mol. The van der Waals surface area contributed by atoms with Gasteiger partial charge in [-0.15, -0.1) is 0 Å². The predicted octanol–water partition coefficient (Wildman–Crippen LogP) is 4.86. The molecule has 4 heteroatoms. The first-order chi connectivity index (χ1) is 9.49. The second-order valence-corrected chi connectivity index (χ2v) is 5.57. The first kappa shape index (κ1) is 15.2. The Morgan fingerprint density at radius 2 is 1.65 bits per heavy atom. The number of hydrogen-bond donors (Lipinski definition) is 1. The molecule has 0 amide bonds. The maximum atomic E-state index is 10.4. The van der Waals surface area contributed by atoms with Crippen LogP contribution in [0.3, 0.4) is 0 Å². The van der Waals surface area contributed by atoms with Crippen molar-refractivity contribution in [3.05, 3.63) is 63.6 Å². The van der Waals surface area contributed by atoms with Gasteiger partial charge in [-0.1, -0.05) is 47.5 Å². The molecule has 0 spiro atoms. The normalized spacial score (nSPS) is 12.5. The minimum Gasteiger partial charge on any atom is -0.491 e. The zero-order valence-electron chi connectivity index (χ0n) is 11.3. The lowest BCUT2D eigenvalue weighted by atomic mass is 10.0. The fraction of sp³-hybridized carbons (Fsp3) is 0.250. The molecular formula is C16H16Cl2O2. The number of aliphatic hydroxyl groups is 1. The molecule has 1 N–H and O–H groups in total. The van der Waals surface area contributed by atoms with Crippen LogP contribution in [-0.2, 0) is 0 Å². The lowest BCUT2D eigenvalue weighted by molar-refractivity contribution is 0.219. The van der Waals surface area contributed by atoms with E-state index in [1.165, 1.54) is 0 Å². The molecule has 1 unspecified atom stereocenters. The molecule has 2 nitrogen and oxygen atoms in total. The van der Waals surface area contributed by atoms with Gasteiger partial charge in [0.25, 0.3) is 0 Å². The number of halogens is 2. The molecule has 0 radical (unpaired) electrons. The van der Waals surface area contributed by atoms with Gasteiger partial charge in [0.1, 0.15) is 11.9 Å². The Morgan fingerprint density at radius 3 is 2.25 bits per heavy atom. The van der Waals surface area contributed by atoms with E-state index in [0.29, 0.717) is 15.6 Å². The molecule has 0 aliphatic rings. The van der Waals surface area contributed by atoms with Crippen LogP contribution in [0.5, 0.6) is 5.75 Å². The van der Waals surface area contributed by atoms with Crippen LogP contribution >= 0.6 is 23.2 Å². The van der Waals surface area contributed by atoms with Crippen LogP contribution in [0.15, 0.2) is 42.5 Å². The van der Waals surface area contributed by atoms with Gasteiger partial charge in [0.15, 0.2) is 0 Å². The van der Waals surface area contributed by atoms with Gasteiger partial charge in [-0.2, -0.15) is 0 Å². The topological polar surface area (TPSA) is 29.5 Å². The molecule has 106 valence electrons. The van der Waals surface area contributed by atoms with Crippen molar-refractivity contribution in [2.75, 3.05) is 0 Å². The lowest BCUT2D eigenvalue weighted by Gasteiger charge is -2.15. The van der Waals surface area contributed by atoms with Crippen LogP contribution in [0, 0.1) is 0 Å². The van der Waals surface area contributed by atoms with E-state index in [9.17, 15) is 5.11 Å². The average Bonchev–Trinajstić information content (AvgIpc) is 2.41. The summed E-state index contributed by atoms with van der Waals surface area (Å²) in [6.07, 6.45) is -0.692. The lowest BCUT2D eigenvalue weighted by Crippen LogP contribution is -2.06. The summed E-state index contributed by atoms with van der Waals surface area (Å²) in [6.45, 7) is 3.93. The molecule has 0 saturated heterocycles. The van der Waals surface area contributed by atoms with Crippen molar-refractivity contribution >= 4 is 23.2 Å². The third-order valence-corrected chi connectivity index (χ3v) is 3.68. The van der Waals surface area contributed by atoms with E-state index in [1.807, 2.05) is 38.1 Å². The van der Waals surface area contributed by atoms with Crippen molar-refractivity contribution in [1.82, 2.24) is 0 Å². The number of benzene rings is 2. The van der Waals surface area contributed by atoms with Gasteiger partial charge in [-0.3, -0.25) is 0 Å². The van der Waals surface area contributed by atoms with E-state index in [2.05, 4.69) is 0 Å². The van der Waals surface area contributed by atoms with Gasteiger partial charge in [0, 0.05) is 5.56 Å². The van der Waals surface area contributed by atoms with Gasteiger partial charge in [-0.25, -0.2) is 0 Å². The maximum absolute atomic E-state index is 10.4. The summed E-state index contributed by atoms with van der Waals surface area (Å²) >= 11 is 12.1. The number of ether oxygens (including phenoxy) is 1. The standard InChI is InChI=1S/C16H16Cl2O2/c1-10(2)20-12-8-6-11(7-9-12)16(19)13-4-3-5-14(17)15(13)18/h3-10,16,19H,1-2H3. The van der Waals surface area contributed by atoms with Gasteiger partial charge in [0.05, 0.1) is 16.1 Å². The van der Waals surface area contributed by atoms with Crippen LogP contribution in [-0.4, -0.2) is 11.2 Å². The average molecular weight is 311 g/mol. The molecule has 1 atom stereocenters. The SMILES string of the molecule is CC(C)Oc1ccc(C(O)c2cccc(Cl)c2Cl)cc1. The third kappa shape index (κ3) is 3.45. The number of hydrogen-bond acceptors (Lipinski definition) is 2. The molecule has 2 aromatic rings. The van der Waals surface area contributed by atoms with Crippen molar-refractivity contribution in [2.24, 2.45) is 0 Å². The Morgan fingerprint density at radius 1 is 1.00 bits per heavy atom. The van der Waals surface area contributed by atoms with Gasteiger partial charge in [0.2, 0.25) is 0 Å². The summed E-state index contributed by atoms with van der Waals surface area (Å²) < 4.78 is 5.57. The van der Waals surface area contributed by atoms with E-state index in [0.717, 1.165) is 11.3 Å². The summed E-state index contributed by atoms with van der Waals surface area (Å²) in [5, 5.41) is 11.2. The Hall–Kier alpha value is -1.22. The van der Waals surface area contributed by atoms with Crippen molar-refractivity contribution in [1.29, 1.82) is 0 Å². The highest BCUT2D eigenvalue weighted by Gasteiger charge is 2.15. The molecule has 0 aliphatic heterocycles. The van der Waals surface area contributed by atoms with Crippen LogP contribution < -0.4 is 4.74 Å². The number of rotatable bonds is 4. The van der Waals surface area contributed by atoms with Crippen molar-refractivity contribution in [2.45, 2.75) is 26.1 Å². The van der Waals surface area contributed by atoms with E-state index < -0.39 is 6.10 Å². The minimum absolute atomic E-state index is 0.119. The molecule has 2 aromatic carbocycles. The fourth-order valence-electron chi connectivity index (χ4n) is 1.91. The van der Waals surface area contributed by atoms with Crippen molar-refractivity contribution in [3.8, 4) is 5.75 Å². The highest BCUT2D eigenvalue weighted by molar-refractivity contribution is 6.42. The summed E-state index contributed by atoms with van der Waals surface area (Å²) in [7, 11) is 0. The quantitative estimate of drug-likeness (QED) is 0.873. The van der Waals surface area contributed by atoms with Crippen molar-refractivity contribution in [3.63, 3.8) is 0 Å². The van der Waals surface area contributed by atoms with Crippen LogP contribution in [0.2, 0.25) is 10.0 Å². The molecule has 0 saturated carbocycles. The highest BCUT2D eigenvalue weighted by atomic mass is 35.5. The smallest absolute Gasteiger partial charge is 0.119 e. The summed E-state index contributed by atoms with van der Waals surface area (Å²) in [5.74, 6) is 0.771. The summed E-state index contributed by atoms with van der Waals surface area (Å²) in [5.41, 5.74) is 1.34. The molecule has 20 heavy (non-hydrogen) atoms. The van der Waals surface area contributed by atoms with Crippen molar-refractivity contribution < 1.29 is 9.84 Å². The predicted molar refractivity (Wildman–Crippen MR) is 82.7 cm³/mol. The molecule has 0 bridgehead atoms. The molecule has 0 aromatic heterocycles. The van der Waals surface area contributed by atoms with Crippen LogP contribution in [0.25, 0.3) is 0 Å². The number of aliphatic hydroxyl groups excluding tert-OH is 1. The molecule has 0 aliphatic carbocycles. The zero-order chi connectivity index (χ0) is 14.7. The van der Waals surface area contributed by atoms with Crippen LogP contribution in [0.1, 0.15) is 31.1 Å². The molecule has 0 fully saturated rings. The van der Waals surface area contributed by atoms with Gasteiger partial charge < -0.3 is 9.84 Å². The zero-order valence-corrected chi connectivity index (χ0v) is 12.8. The summed E-state index contributed by atoms with van der Waals surface area (Å²) in [4.78, 5) is 0. The maximum Gasteiger partial charge on any atom is 0.119 e. The first-order valence-electron chi connectivity index (χ1n) is 6.37. The fourth-order valence-corrected chi connectivity index (χ4v) is 2.32. The molecular weight excluding hydrogens is 295 g/mol. The molecule has 0 heterocycles. The minimum atomic E-state index is -0.811. The van der Waals surface area contributed by atoms with E-state index in [1.54, 1.807) is 18.2 Å². The van der Waals surface area contributed by atoms with E-state index >= 15 is 0 Å². The van der Waals surface area contributed by atoms with E-state index in [4.69, 9.17) is 27.9 Å². The Kier molecular flexibility index (Phi) is 4.92. The first-order valence-corrected chi connectivity index (χ1v) is 7.13. The Bertz CT molecular complexity index is 580. The molecule has 2 rings (SSSR count). The van der Waals surface area contributed by atoms with Gasteiger partial charge >= 0.3 is 0 Å². The second kappa shape index (κ2) is 6.49. The van der Waals surface area contributed by atoms with E-state index in [-0.39, 0.29) is 6.10 Å². The van der Waals surface area contributed by atoms with Crippen LogP contribution in [0.4, 0.5) is 0 Å². The second-order valence-electron chi connectivity index (χ2n) is 4.78. The Balaban J connectivity index is 2.25. The third-order valence-electron chi connectivity index (χ3n) is 2.84. The largest absolute Gasteiger partial charge is 0.491 e. The van der Waals surface area contributed by atoms with Gasteiger partial charge in [-0.05, 0) is 37.6 Å². The highest BCUT2D eigenvalue weighted by Crippen LogP contribution is 2.33. The Labute approximate surface area is 128 Å². The summed E-state index contributed by atoms with van der Waals surface area (Å²) in [6, 6.07) is 12.5.